The Labute approximate surface area is 110 Å². The van der Waals surface area contributed by atoms with Crippen molar-refractivity contribution in [3.8, 4) is 5.75 Å². The SMILES string of the molecule is O=C([O-])C1=Cc2cc3occc3cc2OC1C(F)(F)F. The summed E-state index contributed by atoms with van der Waals surface area (Å²) in [4.78, 5) is 10.9. The van der Waals surface area contributed by atoms with Crippen molar-refractivity contribution in [3.63, 3.8) is 0 Å². The molecule has 1 aliphatic heterocycles. The minimum absolute atomic E-state index is 0.0498. The monoisotopic (exact) mass is 283 g/mol. The third kappa shape index (κ3) is 1.91. The van der Waals surface area contributed by atoms with E-state index in [1.54, 1.807) is 6.07 Å². The molecule has 0 aliphatic carbocycles. The van der Waals surface area contributed by atoms with Crippen LogP contribution in [-0.4, -0.2) is 18.2 Å². The highest BCUT2D eigenvalue weighted by Gasteiger charge is 2.46. The molecule has 0 amide bonds. The number of hydrogen-bond donors (Lipinski definition) is 0. The molecule has 0 fully saturated rings. The van der Waals surface area contributed by atoms with E-state index >= 15 is 0 Å². The van der Waals surface area contributed by atoms with E-state index < -0.39 is 23.8 Å². The van der Waals surface area contributed by atoms with Gasteiger partial charge in [0.15, 0.2) is 0 Å². The molecule has 1 unspecified atom stereocenters. The van der Waals surface area contributed by atoms with Gasteiger partial charge < -0.3 is 19.1 Å². The van der Waals surface area contributed by atoms with E-state index in [-0.39, 0.29) is 11.3 Å². The second kappa shape index (κ2) is 4.03. The van der Waals surface area contributed by atoms with Crippen LogP contribution in [0.2, 0.25) is 0 Å². The molecular weight excluding hydrogens is 277 g/mol. The van der Waals surface area contributed by atoms with E-state index in [2.05, 4.69) is 0 Å². The van der Waals surface area contributed by atoms with Crippen LogP contribution in [0.3, 0.4) is 0 Å². The molecule has 0 radical (unpaired) electrons. The molecule has 0 saturated carbocycles. The van der Waals surface area contributed by atoms with Crippen LogP contribution >= 0.6 is 0 Å². The van der Waals surface area contributed by atoms with Gasteiger partial charge in [0.25, 0.3) is 0 Å². The van der Waals surface area contributed by atoms with E-state index in [0.29, 0.717) is 11.0 Å². The summed E-state index contributed by atoms with van der Waals surface area (Å²) in [6, 6.07) is 4.36. The van der Waals surface area contributed by atoms with Crippen LogP contribution in [0.4, 0.5) is 13.2 Å². The third-order valence-corrected chi connectivity index (χ3v) is 2.96. The van der Waals surface area contributed by atoms with Gasteiger partial charge in [0, 0.05) is 16.5 Å². The van der Waals surface area contributed by atoms with Gasteiger partial charge in [-0.3, -0.25) is 0 Å². The number of rotatable bonds is 1. The Hall–Kier alpha value is -2.44. The molecule has 0 N–H and O–H groups in total. The summed E-state index contributed by atoms with van der Waals surface area (Å²) in [5, 5.41) is 11.4. The van der Waals surface area contributed by atoms with Crippen molar-refractivity contribution in [2.24, 2.45) is 0 Å². The predicted octanol–water partition coefficient (Wildman–Crippen LogP) is 1.89. The van der Waals surface area contributed by atoms with Gasteiger partial charge in [-0.15, -0.1) is 0 Å². The summed E-state index contributed by atoms with van der Waals surface area (Å²) in [5.41, 5.74) is -0.338. The number of carboxylic acid groups (broad SMARTS) is 1. The number of fused-ring (bicyclic) bond motifs is 2. The molecule has 0 saturated heterocycles. The lowest BCUT2D eigenvalue weighted by atomic mass is 10.0. The van der Waals surface area contributed by atoms with Gasteiger partial charge >= 0.3 is 6.18 Å². The van der Waals surface area contributed by atoms with Gasteiger partial charge in [-0.2, -0.15) is 13.2 Å². The smallest absolute Gasteiger partial charge is 0.429 e. The molecule has 2 heterocycles. The Morgan fingerprint density at radius 3 is 2.70 bits per heavy atom. The number of furan rings is 1. The van der Waals surface area contributed by atoms with Gasteiger partial charge in [-0.05, 0) is 24.3 Å². The molecule has 20 heavy (non-hydrogen) atoms. The summed E-state index contributed by atoms with van der Waals surface area (Å²) < 4.78 is 48.4. The lowest BCUT2D eigenvalue weighted by Crippen LogP contribution is -2.44. The summed E-state index contributed by atoms with van der Waals surface area (Å²) in [5.74, 6) is -1.97. The summed E-state index contributed by atoms with van der Waals surface area (Å²) in [6.45, 7) is 0. The molecule has 1 aromatic heterocycles. The van der Waals surface area contributed by atoms with Crippen molar-refractivity contribution in [2.75, 3.05) is 0 Å². The first-order chi connectivity index (χ1) is 9.36. The van der Waals surface area contributed by atoms with Crippen LogP contribution < -0.4 is 9.84 Å². The zero-order chi connectivity index (χ0) is 14.5. The highest BCUT2D eigenvalue weighted by Crippen LogP contribution is 2.38. The molecule has 1 atom stereocenters. The topological polar surface area (TPSA) is 62.5 Å². The fourth-order valence-corrected chi connectivity index (χ4v) is 2.06. The fraction of sp³-hybridized carbons (Fsp3) is 0.154. The number of ether oxygens (including phenoxy) is 1. The van der Waals surface area contributed by atoms with Crippen molar-refractivity contribution in [3.05, 3.63) is 35.6 Å². The van der Waals surface area contributed by atoms with Crippen LogP contribution in [0.15, 0.2) is 34.5 Å². The quantitative estimate of drug-likeness (QED) is 0.801. The van der Waals surface area contributed by atoms with Crippen LogP contribution in [-0.2, 0) is 4.79 Å². The number of carbonyl (C=O) groups is 1. The Bertz CT molecular complexity index is 727. The van der Waals surface area contributed by atoms with Crippen molar-refractivity contribution in [2.45, 2.75) is 12.3 Å². The van der Waals surface area contributed by atoms with Crippen molar-refractivity contribution >= 4 is 23.0 Å². The largest absolute Gasteiger partial charge is 0.545 e. The van der Waals surface area contributed by atoms with Crippen LogP contribution in [0, 0.1) is 0 Å². The first-order valence-corrected chi connectivity index (χ1v) is 5.54. The van der Waals surface area contributed by atoms with Gasteiger partial charge in [0.1, 0.15) is 11.3 Å². The summed E-state index contributed by atoms with van der Waals surface area (Å²) in [6.07, 6.45) is -5.10. The van der Waals surface area contributed by atoms with Gasteiger partial charge in [-0.1, -0.05) is 0 Å². The maximum Gasteiger partial charge on any atom is 0.429 e. The fourth-order valence-electron chi connectivity index (χ4n) is 2.06. The molecule has 0 bridgehead atoms. The number of alkyl halides is 3. The molecule has 1 aliphatic rings. The van der Waals surface area contributed by atoms with E-state index in [0.717, 1.165) is 6.08 Å². The lowest BCUT2D eigenvalue weighted by Gasteiger charge is -2.29. The Morgan fingerprint density at radius 2 is 2.05 bits per heavy atom. The Kier molecular flexibility index (Phi) is 2.53. The number of hydrogen-bond acceptors (Lipinski definition) is 4. The zero-order valence-electron chi connectivity index (χ0n) is 9.73. The number of benzene rings is 1. The van der Waals surface area contributed by atoms with Crippen molar-refractivity contribution in [1.82, 2.24) is 0 Å². The van der Waals surface area contributed by atoms with E-state index in [1.165, 1.54) is 18.4 Å². The Morgan fingerprint density at radius 1 is 1.30 bits per heavy atom. The highest BCUT2D eigenvalue weighted by atomic mass is 19.4. The van der Waals surface area contributed by atoms with Crippen molar-refractivity contribution < 1.29 is 32.2 Å². The van der Waals surface area contributed by atoms with Crippen LogP contribution in [0.1, 0.15) is 5.56 Å². The first-order valence-electron chi connectivity index (χ1n) is 5.54. The average Bonchev–Trinajstić information content (AvgIpc) is 2.80. The van der Waals surface area contributed by atoms with Gasteiger partial charge in [0.05, 0.1) is 12.2 Å². The Balaban J connectivity index is 2.18. The third-order valence-electron chi connectivity index (χ3n) is 2.96. The molecule has 7 heteroatoms. The maximum absolute atomic E-state index is 12.8. The molecule has 0 spiro atoms. The second-order valence-electron chi connectivity index (χ2n) is 4.28. The first kappa shape index (κ1) is 12.6. The molecule has 2 aromatic rings. The minimum Gasteiger partial charge on any atom is -0.545 e. The number of carboxylic acids is 1. The maximum atomic E-state index is 12.8. The highest BCUT2D eigenvalue weighted by molar-refractivity contribution is 5.95. The lowest BCUT2D eigenvalue weighted by molar-refractivity contribution is -0.302. The van der Waals surface area contributed by atoms with E-state index in [1.807, 2.05) is 0 Å². The average molecular weight is 283 g/mol. The summed E-state index contributed by atoms with van der Waals surface area (Å²) in [7, 11) is 0. The molecular formula is C13H6F3O4-. The van der Waals surface area contributed by atoms with Gasteiger partial charge in [0.2, 0.25) is 6.10 Å². The molecule has 104 valence electrons. The van der Waals surface area contributed by atoms with E-state index in [9.17, 15) is 23.1 Å². The number of aliphatic carboxylic acids is 1. The normalized spacial score (nSPS) is 18.4. The van der Waals surface area contributed by atoms with Crippen LogP contribution in [0.25, 0.3) is 17.0 Å². The minimum atomic E-state index is -4.84. The second-order valence-corrected chi connectivity index (χ2v) is 4.28. The van der Waals surface area contributed by atoms with E-state index in [4.69, 9.17) is 9.15 Å². The molecule has 1 aromatic carbocycles. The number of carbonyl (C=O) groups excluding carboxylic acids is 1. The van der Waals surface area contributed by atoms with Crippen molar-refractivity contribution in [1.29, 1.82) is 0 Å². The summed E-state index contributed by atoms with van der Waals surface area (Å²) >= 11 is 0. The standard InChI is InChI=1S/C13H7F3O4/c14-13(15,16)11-8(12(17)18)3-7-5-9-6(1-2-19-9)4-10(7)20-11/h1-5,11H,(H,17,18)/p-1. The zero-order valence-corrected chi connectivity index (χ0v) is 9.73. The molecule has 4 nitrogen and oxygen atoms in total. The molecule has 3 rings (SSSR count). The van der Waals surface area contributed by atoms with Crippen LogP contribution in [0.5, 0.6) is 5.75 Å². The number of halogens is 3. The predicted molar refractivity (Wildman–Crippen MR) is 59.7 cm³/mol. The van der Waals surface area contributed by atoms with Gasteiger partial charge in [-0.25, -0.2) is 0 Å².